The molecule has 0 radical (unpaired) electrons. The summed E-state index contributed by atoms with van der Waals surface area (Å²) in [4.78, 5) is 288. The number of phenolic OH excluding ortho intramolecular Hbond substituents is 3. The number of benzene rings is 4. The van der Waals surface area contributed by atoms with Crippen LogP contribution in [-0.2, 0) is 126 Å². The van der Waals surface area contributed by atoms with Gasteiger partial charge in [-0.15, -0.1) is 0 Å². The third-order valence-corrected chi connectivity index (χ3v) is 21.8. The predicted octanol–water partition coefficient (Wildman–Crippen LogP) is -11.3. The van der Waals surface area contributed by atoms with Crippen molar-refractivity contribution >= 4 is 136 Å². The minimum Gasteiger partial charge on any atom is -0.508 e. The van der Waals surface area contributed by atoms with Crippen LogP contribution in [0, 0.1) is 16.7 Å². The Morgan fingerprint density at radius 3 is 1.06 bits per heavy atom. The van der Waals surface area contributed by atoms with E-state index in [-0.39, 0.29) is 99.4 Å². The van der Waals surface area contributed by atoms with Crippen LogP contribution in [0.25, 0.3) is 0 Å². The normalized spacial score (nSPS) is 14.2. The third-order valence-electron chi connectivity index (χ3n) is 21.8. The first-order valence-corrected chi connectivity index (χ1v) is 45.8. The molecule has 0 bridgehead atoms. The predicted molar refractivity (Wildman–Crippen MR) is 513 cm³/mol. The molecule has 145 heavy (non-hydrogen) atoms. The summed E-state index contributed by atoms with van der Waals surface area (Å²) >= 11 is 0. The van der Waals surface area contributed by atoms with Gasteiger partial charge in [0.2, 0.25) is 112 Å². The Kier molecular flexibility index (Phi) is 52.2. The van der Waals surface area contributed by atoms with Crippen molar-refractivity contribution < 1.29 is 136 Å². The zero-order chi connectivity index (χ0) is 108. The van der Waals surface area contributed by atoms with Crippen molar-refractivity contribution in [3.8, 4) is 17.2 Å². The van der Waals surface area contributed by atoms with Gasteiger partial charge in [-0.2, -0.15) is 0 Å². The molecule has 0 heterocycles. The summed E-state index contributed by atoms with van der Waals surface area (Å²) in [6.45, 7) is 0.119. The number of phenols is 3. The van der Waals surface area contributed by atoms with Gasteiger partial charge in [-0.05, 0) is 136 Å². The van der Waals surface area contributed by atoms with Crippen molar-refractivity contribution in [2.75, 3.05) is 45.9 Å². The van der Waals surface area contributed by atoms with Gasteiger partial charge in [-0.1, -0.05) is 87.0 Å². The minimum absolute atomic E-state index is 0.00247. The number of carbonyl (C=O) groups is 21. The number of aliphatic hydroxyl groups is 2. The highest BCUT2D eigenvalue weighted by Gasteiger charge is 2.40. The van der Waals surface area contributed by atoms with Crippen molar-refractivity contribution in [3.05, 3.63) is 125 Å². The molecule has 19 amide bonds. The Labute approximate surface area is 830 Å². The second-order valence-corrected chi connectivity index (χ2v) is 33.7. The number of carboxylic acid groups (broad SMARTS) is 2. The number of aliphatic carboxylic acids is 2. The fourth-order valence-electron chi connectivity index (χ4n) is 13.9. The molecule has 0 unspecified atom stereocenters. The van der Waals surface area contributed by atoms with E-state index in [2.05, 4.69) is 90.4 Å². The minimum atomic E-state index is -2.22. The molecule has 4 rings (SSSR count). The molecular formula is C90H131N27O28. The van der Waals surface area contributed by atoms with E-state index < -0.39 is 310 Å². The number of aliphatic hydroxyl groups excluding tert-OH is 2. The Hall–Kier alpha value is -16.5. The lowest BCUT2D eigenvalue weighted by Crippen LogP contribution is -2.62. The second-order valence-electron chi connectivity index (χ2n) is 33.7. The fraction of sp³-hybridized carbons (Fsp3) is 0.478. The highest BCUT2D eigenvalue weighted by Crippen LogP contribution is 2.19. The fourth-order valence-corrected chi connectivity index (χ4v) is 13.9. The van der Waals surface area contributed by atoms with E-state index in [0.717, 1.165) is 6.92 Å². The molecule has 0 fully saturated rings. The topological polar surface area (TPSA) is 946 Å². The quantitative estimate of drug-likeness (QED) is 0.0111. The highest BCUT2D eigenvalue weighted by molar-refractivity contribution is 6.02. The van der Waals surface area contributed by atoms with Gasteiger partial charge in [0.15, 0.2) is 11.9 Å². The molecule has 0 aliphatic heterocycles. The number of unbranched alkanes of at least 4 members (excludes halogenated alkanes) is 1. The maximum absolute atomic E-state index is 14.9. The number of nitrogens with one attached hydrogen (secondary N) is 20. The summed E-state index contributed by atoms with van der Waals surface area (Å²) in [5.41, 5.74) is 40.9. The van der Waals surface area contributed by atoms with Crippen molar-refractivity contribution in [2.45, 2.75) is 221 Å². The molecular weight excluding hydrogens is 1910 g/mol. The number of hydrogen-bond acceptors (Lipinski definition) is 30. The van der Waals surface area contributed by atoms with Crippen LogP contribution in [0.2, 0.25) is 0 Å². The van der Waals surface area contributed by atoms with Gasteiger partial charge in [-0.25, -0.2) is 0 Å². The molecule has 4 aromatic rings. The number of amides is 19. The second kappa shape index (κ2) is 62.6. The number of primary amides is 3. The molecule has 0 aromatic heterocycles. The van der Waals surface area contributed by atoms with Crippen LogP contribution in [0.1, 0.15) is 126 Å². The van der Waals surface area contributed by atoms with Crippen molar-refractivity contribution in [1.82, 2.24) is 95.7 Å². The van der Waals surface area contributed by atoms with E-state index in [1.54, 1.807) is 44.2 Å². The highest BCUT2D eigenvalue weighted by atomic mass is 16.4. The molecule has 41 N–H and O–H groups in total. The maximum Gasteiger partial charge on any atom is 0.322 e. The summed E-state index contributed by atoms with van der Waals surface area (Å²) in [6, 6.07) is -0.895. The first-order valence-electron chi connectivity index (χ1n) is 45.8. The van der Waals surface area contributed by atoms with Gasteiger partial charge in [0, 0.05) is 38.8 Å². The van der Waals surface area contributed by atoms with Gasteiger partial charge < -0.3 is 172 Å². The summed E-state index contributed by atoms with van der Waals surface area (Å²) in [7, 11) is 0. The van der Waals surface area contributed by atoms with E-state index in [9.17, 15) is 136 Å². The standard InChI is InChI=1S/C90H131N27O28/c1-4-45(2)73(116-75(132)54(92)34-48-17-23-51(120)24-18-48)87(144)115-65(44-118)78(135)103-42-69(126)105-59(36-49-19-25-52(121)26-20-49)82(139)113-62(38-67(94)124)77(134)102-41-70(127)106-64(40-71(128)129)86(143)117-74(46(3)119)88(145)110-57(16-11-33-101-90(98)99)80(137)112-61(37-50-21-27-53(122)28-22-50)84(141)114-63(39-68(95)125)85(142)109-58(29-30-66(93)123)81(138)108-56(14-8-9-31-91)79(136)111-60(35-47-12-6-5-7-13-47)83(140)107-55(15-10-32-100-89(96)97)76(133)104-43-72(130)131/h5-7,12-13,17-28,45-46,54-65,73-74,118-122H,4,8-11,14-16,29-44,91-92H2,1-3H3,(H2,93,123)(H2,94,124)(H2,95,125)(H,102,134)(H,103,135)(H,104,133)(H,105,126)(H,106,127)(H,107,140)(H,108,138)(H,109,142)(H,110,145)(H,111,136)(H,112,137)(H,113,139)(H,114,141)(H,115,144)(H,116,132)(H,117,143)(H,128,129)(H,130,131)(H4,96,97,100)(H4,98,99,101)/t45-,46+,54-,55-,56-,57-,58-,59-,60-,61-,62-,63-,64-,65-,73-,74-/m0/s1. The first-order chi connectivity index (χ1) is 68.5. The molecule has 0 saturated carbocycles. The average molecular weight is 2040 g/mol. The lowest BCUT2D eigenvalue weighted by atomic mass is 9.97. The van der Waals surface area contributed by atoms with E-state index in [1.165, 1.54) is 72.8 Å². The Morgan fingerprint density at radius 2 is 0.655 bits per heavy atom. The summed E-state index contributed by atoms with van der Waals surface area (Å²) in [6.07, 6.45) is -8.22. The van der Waals surface area contributed by atoms with Crippen LogP contribution in [0.15, 0.2) is 103 Å². The van der Waals surface area contributed by atoms with Crippen LogP contribution in [0.4, 0.5) is 0 Å². The number of carboxylic acids is 2. The summed E-state index contributed by atoms with van der Waals surface area (Å²) in [5, 5.41) is 128. The molecule has 55 heteroatoms. The van der Waals surface area contributed by atoms with Gasteiger partial charge in [0.25, 0.3) is 0 Å². The third kappa shape index (κ3) is 46.2. The zero-order valence-electron chi connectivity index (χ0n) is 79.8. The number of rotatable bonds is 66. The van der Waals surface area contributed by atoms with Crippen LogP contribution in [-0.4, -0.2) is 308 Å². The van der Waals surface area contributed by atoms with Gasteiger partial charge in [0.1, 0.15) is 102 Å². The molecule has 16 atom stereocenters. The van der Waals surface area contributed by atoms with Crippen molar-refractivity contribution in [3.63, 3.8) is 0 Å². The Balaban J connectivity index is 1.59. The van der Waals surface area contributed by atoms with Crippen LogP contribution < -0.4 is 136 Å². The Morgan fingerprint density at radius 1 is 0.331 bits per heavy atom. The summed E-state index contributed by atoms with van der Waals surface area (Å²) < 4.78 is 0. The number of guanidine groups is 2. The van der Waals surface area contributed by atoms with Crippen LogP contribution >= 0.6 is 0 Å². The zero-order valence-corrected chi connectivity index (χ0v) is 79.8. The van der Waals surface area contributed by atoms with Gasteiger partial charge >= 0.3 is 11.9 Å². The molecule has 0 spiro atoms. The largest absolute Gasteiger partial charge is 0.508 e. The smallest absolute Gasteiger partial charge is 0.322 e. The van der Waals surface area contributed by atoms with Crippen molar-refractivity contribution in [2.24, 2.45) is 46.1 Å². The van der Waals surface area contributed by atoms with Gasteiger partial charge in [-0.3, -0.25) is 112 Å². The monoisotopic (exact) mass is 2040 g/mol. The Bertz CT molecular complexity index is 5140. The number of aromatic hydroxyl groups is 3. The van der Waals surface area contributed by atoms with E-state index >= 15 is 0 Å². The van der Waals surface area contributed by atoms with Crippen LogP contribution in [0.3, 0.4) is 0 Å². The molecule has 0 aliphatic carbocycles. The van der Waals surface area contributed by atoms with E-state index in [1.807, 2.05) is 5.32 Å². The summed E-state index contributed by atoms with van der Waals surface area (Å²) in [5.74, 6) is -27.9. The number of hydrogen-bond donors (Lipinski definition) is 34. The number of carbonyl (C=O) groups excluding carboxylic acids is 19. The maximum atomic E-state index is 14.9. The average Bonchev–Trinajstić information content (AvgIpc) is 0.850. The number of nitrogens with two attached hydrogens (primary N) is 7. The molecule has 4 aromatic carbocycles. The first kappa shape index (κ1) is 121. The van der Waals surface area contributed by atoms with Gasteiger partial charge in [0.05, 0.1) is 51.1 Å². The van der Waals surface area contributed by atoms with E-state index in [4.69, 9.17) is 51.0 Å². The van der Waals surface area contributed by atoms with E-state index in [0.29, 0.717) is 17.5 Å². The SMILES string of the molecule is CC[C@H](C)[C@H](NC(=O)[C@@H](N)Cc1ccc(O)cc1)C(=O)N[C@@H](CO)C(=O)NCC(=O)N[C@@H](Cc1ccc(O)cc1)C(=O)N[C@@H](CC(N)=O)C(=O)NCC(=O)N[C@@H](CC(=O)O)C(=O)N[C@H](C(=O)N[C@@H](CCCNC(=N)N)C(=O)N[C@@H](Cc1ccc(O)cc1)C(=O)N[C@@H](CC(N)=O)C(=O)N[C@@H](CCC(N)=O)C(=O)N[C@@H](CCCCN)C(=O)N[C@@H](Cc1ccccc1)C(=O)N[C@@H](CCCNC(=N)N)C(=O)NCC(=O)O)[C@@H](C)O. The molecule has 0 saturated heterocycles. The molecule has 55 nitrogen and oxygen atoms in total. The van der Waals surface area contributed by atoms with Crippen LogP contribution in [0.5, 0.6) is 17.2 Å². The molecule has 794 valence electrons. The van der Waals surface area contributed by atoms with Crippen molar-refractivity contribution in [1.29, 1.82) is 10.8 Å². The molecule has 0 aliphatic rings. The lowest BCUT2D eigenvalue weighted by Gasteiger charge is -2.28. The lowest BCUT2D eigenvalue weighted by molar-refractivity contribution is -0.141.